The van der Waals surface area contributed by atoms with Crippen molar-refractivity contribution >= 4 is 98.4 Å². The first-order valence-corrected chi connectivity index (χ1v) is 37.5. The molecule has 0 radical (unpaired) electrons. The Morgan fingerprint density at radius 3 is 1.14 bits per heavy atom. The number of piperidine rings is 1. The number of pyridine rings is 3. The third-order valence-corrected chi connectivity index (χ3v) is 21.9. The molecule has 9 aromatic rings. The number of rotatable bonds is 24. The van der Waals surface area contributed by atoms with Crippen molar-refractivity contribution in [2.45, 2.75) is 98.9 Å². The summed E-state index contributed by atoms with van der Waals surface area (Å²) in [7, 11) is 2.16. The second kappa shape index (κ2) is 35.6. The second-order valence-corrected chi connectivity index (χ2v) is 31.1. The molecule has 3 unspecified atom stereocenters. The number of likely N-dealkylation sites (tertiary alicyclic amines) is 1. The number of piperazine rings is 1. The minimum atomic E-state index is 0.0531. The van der Waals surface area contributed by atoms with E-state index in [4.69, 9.17) is 62.6 Å². The summed E-state index contributed by atoms with van der Waals surface area (Å²) in [5.74, 6) is 3.84. The standard InChI is InChI=1S/C22H30N8OS2.C22H29N7OS2.C22H28N6O2S2/c1-14-20(15(2)33-22-26-17(23)13-18(24)27-22)28-21(32-14)16-4-5-25-19(12-16)31-11-10-30-8-6-29(3)7-9-30;1-14-20(15(2)32-22-26-17(23)13-18(24)27-22)28-21(31-14)16-6-7-25-19(12-16)30-11-10-29-8-4-3-5-9-29;1-14-12-18(23)26-22(25-14)32-16(3)20-15(2)31-21(27-20)17-4-5-24-19(13-17)30-11-8-28-6-9-29-10-7-28/h4-5,12-13,15H,6-11H2,1-3H3,(H4,23,24,26,27);6-7,12-13,15H,3-5,8-11H2,1-2H3,(H4,23,24,26,27);4-5,12-13,16H,6-11H2,1-3H3,(H2,23,25,26). The number of anilines is 5. The first kappa shape index (κ1) is 72.6. The van der Waals surface area contributed by atoms with Gasteiger partial charge in [0, 0.05) is 151 Å². The molecule has 0 aromatic carbocycles. The first-order valence-electron chi connectivity index (χ1n) is 32.4. The largest absolute Gasteiger partial charge is 0.476 e. The van der Waals surface area contributed by atoms with Crippen LogP contribution < -0.4 is 42.9 Å². The summed E-state index contributed by atoms with van der Waals surface area (Å²) in [5, 5.41) is 4.83. The monoisotopic (exact) mass is 1430 g/mol. The Bertz CT molecular complexity index is 3770. The van der Waals surface area contributed by atoms with E-state index in [2.05, 4.69) is 113 Å². The maximum Gasteiger partial charge on any atom is 0.213 e. The Hall–Kier alpha value is -7.17. The van der Waals surface area contributed by atoms with Gasteiger partial charge in [-0.25, -0.2) is 59.8 Å². The molecule has 0 bridgehead atoms. The van der Waals surface area contributed by atoms with Crippen LogP contribution in [0, 0.1) is 27.7 Å². The Balaban J connectivity index is 0.000000158. The fraction of sp³-hybridized carbons (Fsp3) is 0.455. The summed E-state index contributed by atoms with van der Waals surface area (Å²) < 4.78 is 23.2. The molecular formula is C66H87N21O4S6. The van der Waals surface area contributed by atoms with Crippen LogP contribution in [-0.2, 0) is 4.74 Å². The van der Waals surface area contributed by atoms with Gasteiger partial charge in [0.1, 0.15) is 63.9 Å². The van der Waals surface area contributed by atoms with Gasteiger partial charge in [0.15, 0.2) is 15.5 Å². The van der Waals surface area contributed by atoms with Crippen LogP contribution in [0.2, 0.25) is 0 Å². The van der Waals surface area contributed by atoms with Crippen LogP contribution in [0.4, 0.5) is 29.1 Å². The van der Waals surface area contributed by atoms with E-state index in [9.17, 15) is 0 Å². The van der Waals surface area contributed by atoms with Gasteiger partial charge in [-0.3, -0.25) is 14.7 Å². The van der Waals surface area contributed by atoms with Gasteiger partial charge in [-0.1, -0.05) is 41.7 Å². The van der Waals surface area contributed by atoms with Crippen molar-refractivity contribution < 1.29 is 18.9 Å². The number of morpholine rings is 1. The molecular weight excluding hydrogens is 1340 g/mol. The van der Waals surface area contributed by atoms with Crippen LogP contribution in [0.25, 0.3) is 31.7 Å². The summed E-state index contributed by atoms with van der Waals surface area (Å²) in [6.07, 6.45) is 9.24. The van der Waals surface area contributed by atoms with E-state index in [1.54, 1.807) is 82.6 Å². The minimum Gasteiger partial charge on any atom is -0.476 e. The van der Waals surface area contributed by atoms with Gasteiger partial charge < -0.3 is 52.5 Å². The maximum atomic E-state index is 5.95. The Kier molecular flexibility index (Phi) is 26.6. The lowest BCUT2D eigenvalue weighted by molar-refractivity contribution is 0.0320. The molecule has 516 valence electrons. The number of thioether (sulfide) groups is 3. The van der Waals surface area contributed by atoms with Crippen molar-refractivity contribution in [3.8, 4) is 49.4 Å². The molecule has 97 heavy (non-hydrogen) atoms. The zero-order chi connectivity index (χ0) is 68.4. The number of hydrogen-bond donors (Lipinski definition) is 5. The normalized spacial score (nSPS) is 15.8. The van der Waals surface area contributed by atoms with Gasteiger partial charge >= 0.3 is 0 Å². The molecule has 3 saturated heterocycles. The summed E-state index contributed by atoms with van der Waals surface area (Å²) >= 11 is 9.55. The highest BCUT2D eigenvalue weighted by atomic mass is 32.2. The average molecular weight is 1430 g/mol. The molecule has 31 heteroatoms. The predicted octanol–water partition coefficient (Wildman–Crippen LogP) is 10.9. The SMILES string of the molecule is Cc1cc(N)nc(SC(C)c2nc(-c3ccnc(OCCN4CCOCC4)c3)sc2C)n1.Cc1sc(-c2ccnc(OCCN3CCCCC3)c2)nc1C(C)Sc1nc(N)cc(N)n1.Cc1sc(-c2ccnc(OCCN3CCN(C)CC3)c2)nc1C(C)Sc1nc(N)cc(N)n1. The highest BCUT2D eigenvalue weighted by molar-refractivity contribution is 7.99. The van der Waals surface area contributed by atoms with E-state index in [1.165, 1.54) is 60.8 Å². The number of aromatic nitrogens is 12. The maximum absolute atomic E-state index is 5.95. The molecule has 0 spiro atoms. The molecule has 3 atom stereocenters. The third kappa shape index (κ3) is 21.9. The fourth-order valence-corrected chi connectivity index (χ4v) is 17.0. The quantitative estimate of drug-likeness (QED) is 0.0277. The fourth-order valence-electron chi connectivity index (χ4n) is 10.8. The van der Waals surface area contributed by atoms with E-state index in [-0.39, 0.29) is 15.7 Å². The van der Waals surface area contributed by atoms with Gasteiger partial charge in [-0.15, -0.1) is 34.0 Å². The van der Waals surface area contributed by atoms with Gasteiger partial charge in [-0.05, 0) is 99.6 Å². The average Bonchev–Trinajstić information content (AvgIpc) is 1.70. The minimum absolute atomic E-state index is 0.0531. The topological polar surface area (TPSA) is 335 Å². The molecule has 0 aliphatic carbocycles. The zero-order valence-electron chi connectivity index (χ0n) is 56.2. The van der Waals surface area contributed by atoms with Crippen LogP contribution in [0.5, 0.6) is 17.6 Å². The molecule has 10 N–H and O–H groups in total. The van der Waals surface area contributed by atoms with E-state index in [1.807, 2.05) is 43.3 Å². The van der Waals surface area contributed by atoms with Gasteiger partial charge in [-0.2, -0.15) is 0 Å². The van der Waals surface area contributed by atoms with E-state index >= 15 is 0 Å². The molecule has 0 saturated carbocycles. The molecule has 9 aromatic heterocycles. The van der Waals surface area contributed by atoms with Crippen LogP contribution in [0.3, 0.4) is 0 Å². The van der Waals surface area contributed by atoms with Crippen molar-refractivity contribution in [1.82, 2.24) is 79.4 Å². The van der Waals surface area contributed by atoms with Gasteiger partial charge in [0.25, 0.3) is 0 Å². The van der Waals surface area contributed by atoms with Crippen molar-refractivity contribution in [2.24, 2.45) is 0 Å². The lowest BCUT2D eigenvalue weighted by atomic mass is 10.1. The smallest absolute Gasteiger partial charge is 0.213 e. The van der Waals surface area contributed by atoms with Crippen molar-refractivity contribution in [1.29, 1.82) is 0 Å². The molecule has 12 heterocycles. The highest BCUT2D eigenvalue weighted by Gasteiger charge is 2.24. The Morgan fingerprint density at radius 1 is 0.433 bits per heavy atom. The number of nitrogen functional groups attached to an aromatic ring is 5. The van der Waals surface area contributed by atoms with Gasteiger partial charge in [0.2, 0.25) is 17.6 Å². The lowest BCUT2D eigenvalue weighted by Crippen LogP contribution is -2.45. The Labute approximate surface area is 592 Å². The number of hydrogen-bond acceptors (Lipinski definition) is 31. The van der Waals surface area contributed by atoms with E-state index in [0.29, 0.717) is 82.0 Å². The number of thiazole rings is 3. The van der Waals surface area contributed by atoms with Crippen LogP contribution >= 0.6 is 69.3 Å². The van der Waals surface area contributed by atoms with Crippen molar-refractivity contribution in [2.75, 3.05) is 141 Å². The lowest BCUT2D eigenvalue weighted by Gasteiger charge is -2.32. The van der Waals surface area contributed by atoms with Crippen LogP contribution in [-0.4, -0.2) is 191 Å². The number of aryl methyl sites for hydroxylation is 4. The summed E-state index contributed by atoms with van der Waals surface area (Å²) in [5.41, 5.74) is 36.0. The Morgan fingerprint density at radius 2 is 0.773 bits per heavy atom. The molecule has 0 amide bonds. The molecule has 12 rings (SSSR count). The number of likely N-dealkylation sites (N-methyl/N-ethyl adjacent to an activating group) is 1. The molecule has 3 aliphatic rings. The number of nitrogens with zero attached hydrogens (tertiary/aromatic N) is 16. The van der Waals surface area contributed by atoms with Gasteiger partial charge in [0.05, 0.1) is 46.0 Å². The third-order valence-electron chi connectivity index (χ3n) is 15.9. The van der Waals surface area contributed by atoms with Crippen molar-refractivity contribution in [3.05, 3.63) is 111 Å². The number of ether oxygens (including phenoxy) is 4. The summed E-state index contributed by atoms with van der Waals surface area (Å²) in [4.78, 5) is 66.8. The number of nitrogens with two attached hydrogens (primary N) is 5. The molecule has 25 nitrogen and oxygen atoms in total. The summed E-state index contributed by atoms with van der Waals surface area (Å²) in [6.45, 7) is 29.3. The van der Waals surface area contributed by atoms with Crippen molar-refractivity contribution in [3.63, 3.8) is 0 Å². The van der Waals surface area contributed by atoms with E-state index < -0.39 is 0 Å². The highest BCUT2D eigenvalue weighted by Crippen LogP contribution is 2.42. The van der Waals surface area contributed by atoms with Crippen LogP contribution in [0.15, 0.2) is 88.7 Å². The first-order chi connectivity index (χ1) is 46.8. The molecule has 3 aliphatic heterocycles. The van der Waals surface area contributed by atoms with E-state index in [0.717, 1.165) is 136 Å². The molecule has 3 fully saturated rings. The zero-order valence-corrected chi connectivity index (χ0v) is 61.1. The van der Waals surface area contributed by atoms with Crippen LogP contribution in [0.1, 0.15) is 93.2 Å². The second-order valence-electron chi connectivity index (χ2n) is 23.6. The summed E-state index contributed by atoms with van der Waals surface area (Å²) in [6, 6.07) is 16.7. The predicted molar refractivity (Wildman–Crippen MR) is 394 cm³/mol.